The number of hydrogen-bond acceptors (Lipinski definition) is 1. The number of nitrogens with two attached hydrogens (primary N) is 1. The Morgan fingerprint density at radius 3 is 2.50 bits per heavy atom. The van der Waals surface area contributed by atoms with Crippen LogP contribution < -0.4 is 11.1 Å². The first-order valence-electron chi connectivity index (χ1n) is 6.68. The van der Waals surface area contributed by atoms with Crippen LogP contribution in [0, 0.1) is 5.92 Å². The normalized spacial score (nSPS) is 13.7. The quantitative estimate of drug-likeness (QED) is 0.600. The Kier molecular flexibility index (Phi) is 6.26. The predicted octanol–water partition coefficient (Wildman–Crippen LogP) is 2.74. The number of nitrogens with zero attached hydrogens (tertiary/aromatic N) is 1. The van der Waals surface area contributed by atoms with Crippen molar-refractivity contribution in [1.82, 2.24) is 5.32 Å². The van der Waals surface area contributed by atoms with Gasteiger partial charge in [-0.15, -0.1) is 0 Å². The van der Waals surface area contributed by atoms with Gasteiger partial charge >= 0.3 is 0 Å². The third-order valence-corrected chi connectivity index (χ3v) is 2.88. The molecule has 0 fully saturated rings. The van der Waals surface area contributed by atoms with Crippen molar-refractivity contribution in [2.45, 2.75) is 33.1 Å². The highest BCUT2D eigenvalue weighted by molar-refractivity contribution is 5.77. The lowest BCUT2D eigenvalue weighted by molar-refractivity contribution is 0.645. The zero-order chi connectivity index (χ0) is 13.4. The number of aliphatic imine (C=N–C) groups is 1. The molecule has 1 atom stereocenters. The van der Waals surface area contributed by atoms with E-state index in [4.69, 9.17) is 5.73 Å². The van der Waals surface area contributed by atoms with Crippen LogP contribution in [0.4, 0.5) is 0 Å². The highest BCUT2D eigenvalue weighted by Crippen LogP contribution is 2.17. The van der Waals surface area contributed by atoms with Gasteiger partial charge in [-0.3, -0.25) is 4.99 Å². The summed E-state index contributed by atoms with van der Waals surface area (Å²) >= 11 is 0. The van der Waals surface area contributed by atoms with E-state index in [2.05, 4.69) is 55.3 Å². The number of nitrogens with one attached hydrogen (secondary N) is 1. The van der Waals surface area contributed by atoms with Crippen molar-refractivity contribution >= 4 is 5.96 Å². The van der Waals surface area contributed by atoms with Crippen LogP contribution in [0.15, 0.2) is 35.3 Å². The van der Waals surface area contributed by atoms with Crippen LogP contribution >= 0.6 is 0 Å². The minimum absolute atomic E-state index is 0.539. The van der Waals surface area contributed by atoms with Crippen LogP contribution in [0.25, 0.3) is 0 Å². The summed E-state index contributed by atoms with van der Waals surface area (Å²) in [4.78, 5) is 4.28. The fraction of sp³-hybridized carbons (Fsp3) is 0.533. The molecule has 0 amide bonds. The van der Waals surface area contributed by atoms with Gasteiger partial charge in [-0.2, -0.15) is 0 Å². The van der Waals surface area contributed by atoms with Crippen LogP contribution in [0.1, 0.15) is 38.7 Å². The third-order valence-electron chi connectivity index (χ3n) is 2.88. The molecule has 0 aromatic heterocycles. The molecule has 18 heavy (non-hydrogen) atoms. The number of guanidine groups is 1. The molecule has 0 aliphatic carbocycles. The van der Waals surface area contributed by atoms with E-state index in [-0.39, 0.29) is 0 Å². The van der Waals surface area contributed by atoms with Gasteiger partial charge in [0.1, 0.15) is 0 Å². The highest BCUT2D eigenvalue weighted by atomic mass is 15.1. The summed E-state index contributed by atoms with van der Waals surface area (Å²) in [6, 6.07) is 10.5. The summed E-state index contributed by atoms with van der Waals surface area (Å²) in [5.41, 5.74) is 7.16. The number of hydrogen-bond donors (Lipinski definition) is 2. The fourth-order valence-electron chi connectivity index (χ4n) is 1.70. The van der Waals surface area contributed by atoms with E-state index in [9.17, 15) is 0 Å². The standard InChI is InChI=1S/C15H25N3/c1-12(2)11-18-15(16)17-10-9-13(3)14-7-5-4-6-8-14/h4-8,12-13H,9-11H2,1-3H3,(H3,16,17,18). The van der Waals surface area contributed by atoms with E-state index in [1.54, 1.807) is 0 Å². The van der Waals surface area contributed by atoms with E-state index in [0.29, 0.717) is 17.8 Å². The first-order chi connectivity index (χ1) is 8.59. The summed E-state index contributed by atoms with van der Waals surface area (Å²) in [6.45, 7) is 8.15. The Hall–Kier alpha value is -1.51. The Bertz CT molecular complexity index is 357. The van der Waals surface area contributed by atoms with Gasteiger partial charge in [-0.05, 0) is 23.8 Å². The van der Waals surface area contributed by atoms with Crippen LogP contribution in [0.2, 0.25) is 0 Å². The molecule has 1 rings (SSSR count). The highest BCUT2D eigenvalue weighted by Gasteiger charge is 2.04. The zero-order valence-corrected chi connectivity index (χ0v) is 11.7. The van der Waals surface area contributed by atoms with Gasteiger partial charge in [0.05, 0.1) is 0 Å². The van der Waals surface area contributed by atoms with E-state index >= 15 is 0 Å². The molecule has 3 heteroatoms. The molecule has 3 nitrogen and oxygen atoms in total. The minimum Gasteiger partial charge on any atom is -0.370 e. The first-order valence-corrected chi connectivity index (χ1v) is 6.68. The van der Waals surface area contributed by atoms with Gasteiger partial charge in [0.2, 0.25) is 0 Å². The summed E-state index contributed by atoms with van der Waals surface area (Å²) in [5, 5.41) is 3.17. The molecule has 1 unspecified atom stereocenters. The SMILES string of the molecule is CC(C)CN=C(N)NCCC(C)c1ccccc1. The summed E-state index contributed by atoms with van der Waals surface area (Å²) in [6.07, 6.45) is 1.06. The van der Waals surface area contributed by atoms with E-state index < -0.39 is 0 Å². The molecule has 3 N–H and O–H groups in total. The summed E-state index contributed by atoms with van der Waals surface area (Å²) < 4.78 is 0. The lowest BCUT2D eigenvalue weighted by atomic mass is 9.98. The second kappa shape index (κ2) is 7.75. The van der Waals surface area contributed by atoms with Crippen molar-refractivity contribution < 1.29 is 0 Å². The summed E-state index contributed by atoms with van der Waals surface area (Å²) in [7, 11) is 0. The molecular weight excluding hydrogens is 222 g/mol. The van der Waals surface area contributed by atoms with Crippen molar-refractivity contribution in [3.8, 4) is 0 Å². The molecule has 0 heterocycles. The minimum atomic E-state index is 0.539. The Labute approximate surface area is 111 Å². The largest absolute Gasteiger partial charge is 0.370 e. The predicted molar refractivity (Wildman–Crippen MR) is 78.8 cm³/mol. The second-order valence-electron chi connectivity index (χ2n) is 5.15. The first kappa shape index (κ1) is 14.6. The third kappa shape index (κ3) is 5.71. The molecule has 0 aliphatic rings. The van der Waals surface area contributed by atoms with Gasteiger partial charge in [0.25, 0.3) is 0 Å². The van der Waals surface area contributed by atoms with Gasteiger partial charge in [0, 0.05) is 13.1 Å². The Morgan fingerprint density at radius 1 is 1.22 bits per heavy atom. The zero-order valence-electron chi connectivity index (χ0n) is 11.7. The Balaban J connectivity index is 2.27. The van der Waals surface area contributed by atoms with Crippen LogP contribution in [0.5, 0.6) is 0 Å². The van der Waals surface area contributed by atoms with Gasteiger partial charge in [0.15, 0.2) is 5.96 Å². The average Bonchev–Trinajstić information content (AvgIpc) is 2.37. The van der Waals surface area contributed by atoms with E-state index in [1.165, 1.54) is 5.56 Å². The maximum absolute atomic E-state index is 5.79. The lowest BCUT2D eigenvalue weighted by Crippen LogP contribution is -2.33. The molecule has 0 spiro atoms. The van der Waals surface area contributed by atoms with Crippen molar-refractivity contribution in [1.29, 1.82) is 0 Å². The smallest absolute Gasteiger partial charge is 0.188 e. The molecule has 0 saturated heterocycles. The molecule has 0 radical (unpaired) electrons. The average molecular weight is 247 g/mol. The van der Waals surface area contributed by atoms with Gasteiger partial charge in [-0.25, -0.2) is 0 Å². The summed E-state index contributed by atoms with van der Waals surface area (Å²) in [5.74, 6) is 1.65. The van der Waals surface area contributed by atoms with Gasteiger partial charge < -0.3 is 11.1 Å². The fourth-order valence-corrected chi connectivity index (χ4v) is 1.70. The molecule has 0 bridgehead atoms. The molecule has 1 aromatic rings. The number of benzene rings is 1. The van der Waals surface area contributed by atoms with Gasteiger partial charge in [-0.1, -0.05) is 51.1 Å². The molecule has 1 aromatic carbocycles. The second-order valence-corrected chi connectivity index (χ2v) is 5.15. The van der Waals surface area contributed by atoms with Crippen molar-refractivity contribution in [2.75, 3.05) is 13.1 Å². The van der Waals surface area contributed by atoms with Crippen LogP contribution in [-0.4, -0.2) is 19.0 Å². The van der Waals surface area contributed by atoms with Crippen LogP contribution in [0.3, 0.4) is 0 Å². The van der Waals surface area contributed by atoms with Crippen molar-refractivity contribution in [2.24, 2.45) is 16.6 Å². The molecular formula is C15H25N3. The van der Waals surface area contributed by atoms with E-state index in [0.717, 1.165) is 19.5 Å². The maximum Gasteiger partial charge on any atom is 0.188 e. The van der Waals surface area contributed by atoms with Crippen molar-refractivity contribution in [3.05, 3.63) is 35.9 Å². The monoisotopic (exact) mass is 247 g/mol. The van der Waals surface area contributed by atoms with Crippen molar-refractivity contribution in [3.63, 3.8) is 0 Å². The molecule has 100 valence electrons. The molecule has 0 saturated carbocycles. The maximum atomic E-state index is 5.79. The van der Waals surface area contributed by atoms with E-state index in [1.807, 2.05) is 6.07 Å². The Morgan fingerprint density at radius 2 is 1.89 bits per heavy atom. The molecule has 0 aliphatic heterocycles. The lowest BCUT2D eigenvalue weighted by Gasteiger charge is -2.12. The van der Waals surface area contributed by atoms with Crippen LogP contribution in [-0.2, 0) is 0 Å². The number of rotatable bonds is 6. The topological polar surface area (TPSA) is 50.4 Å².